The van der Waals surface area contributed by atoms with Gasteiger partial charge in [0.15, 0.2) is 0 Å². The number of benzene rings is 1. The first-order valence-corrected chi connectivity index (χ1v) is 4.78. The van der Waals surface area contributed by atoms with Crippen LogP contribution in [0.3, 0.4) is 0 Å². The predicted octanol–water partition coefficient (Wildman–Crippen LogP) is 1.02. The second kappa shape index (κ2) is 5.13. The first kappa shape index (κ1) is 12.7. The molecule has 1 aromatic rings. The molecule has 0 aliphatic rings. The Bertz CT molecular complexity index is 409. The molecule has 0 atom stereocenters. The van der Waals surface area contributed by atoms with Crippen molar-refractivity contribution in [2.24, 2.45) is 11.7 Å². The number of nitrogen functional groups attached to an aromatic ring is 2. The van der Waals surface area contributed by atoms with Crippen LogP contribution in [0, 0.1) is 0 Å². The highest BCUT2D eigenvalue weighted by Gasteiger charge is 2.18. The zero-order chi connectivity index (χ0) is 12.3. The maximum absolute atomic E-state index is 11.1. The third-order valence-corrected chi connectivity index (χ3v) is 2.32. The quantitative estimate of drug-likeness (QED) is 0.366. The molecule has 0 unspecified atom stereocenters. The Labute approximate surface area is 101 Å². The number of carbonyl (C=O) groups is 2. The number of nitrogens with one attached hydrogen (secondary N) is 2. The van der Waals surface area contributed by atoms with Crippen molar-refractivity contribution in [3.05, 3.63) is 23.3 Å². The molecule has 0 aliphatic carbocycles. The minimum Gasteiger partial charge on any atom is -0.321 e. The number of carbonyl (C=O) groups excluding carboxylic acids is 2. The normalized spacial score (nSPS) is 9.75. The van der Waals surface area contributed by atoms with E-state index in [2.05, 4.69) is 10.9 Å². The molecule has 0 saturated heterocycles. The fourth-order valence-corrected chi connectivity index (χ4v) is 1.55. The highest BCUT2D eigenvalue weighted by molar-refractivity contribution is 6.69. The van der Waals surface area contributed by atoms with Gasteiger partial charge in [0.2, 0.25) is 0 Å². The van der Waals surface area contributed by atoms with Crippen molar-refractivity contribution in [2.75, 3.05) is 10.9 Å². The Morgan fingerprint density at radius 1 is 0.938 bits per heavy atom. The van der Waals surface area contributed by atoms with Crippen LogP contribution in [0.5, 0.6) is 0 Å². The average Bonchev–Trinajstić information content (AvgIpc) is 2.26. The number of rotatable bonds is 4. The van der Waals surface area contributed by atoms with Gasteiger partial charge in [0, 0.05) is 0 Å². The predicted molar refractivity (Wildman–Crippen MR) is 62.4 cm³/mol. The lowest BCUT2D eigenvalue weighted by Crippen LogP contribution is -2.18. The summed E-state index contributed by atoms with van der Waals surface area (Å²) in [4.78, 5) is 22.1. The van der Waals surface area contributed by atoms with E-state index in [-0.39, 0.29) is 22.5 Å². The molecule has 0 heterocycles. The number of anilines is 2. The molecule has 6 N–H and O–H groups in total. The zero-order valence-corrected chi connectivity index (χ0v) is 9.39. The number of nitrogens with two attached hydrogens (primary N) is 2. The molecular weight excluding hydrogens is 255 g/mol. The fourth-order valence-electron chi connectivity index (χ4n) is 1.23. The Kier molecular flexibility index (Phi) is 4.08. The minimum atomic E-state index is -0.738. The molecule has 1 aromatic carbocycles. The van der Waals surface area contributed by atoms with E-state index in [9.17, 15) is 9.59 Å². The molecule has 0 aromatic heterocycles. The minimum absolute atomic E-state index is 0.0822. The van der Waals surface area contributed by atoms with Gasteiger partial charge in [-0.05, 0) is 35.3 Å². The van der Waals surface area contributed by atoms with Crippen LogP contribution in [0.15, 0.2) is 12.1 Å². The zero-order valence-electron chi connectivity index (χ0n) is 7.88. The van der Waals surface area contributed by atoms with E-state index in [1.807, 2.05) is 0 Å². The standard InChI is InChI=1S/C8H8Cl2N4O2/c9-7(15)3-1-2-4(8(10)16)6(14-12)5(3)13-11/h1-2,13-14H,11-12H2. The van der Waals surface area contributed by atoms with Crippen LogP contribution >= 0.6 is 23.2 Å². The molecule has 0 radical (unpaired) electrons. The van der Waals surface area contributed by atoms with Gasteiger partial charge in [0.1, 0.15) is 0 Å². The monoisotopic (exact) mass is 262 g/mol. The summed E-state index contributed by atoms with van der Waals surface area (Å²) in [6.07, 6.45) is 0. The summed E-state index contributed by atoms with van der Waals surface area (Å²) in [5.74, 6) is 10.4. The van der Waals surface area contributed by atoms with Crippen LogP contribution in [0.4, 0.5) is 11.4 Å². The molecule has 8 heteroatoms. The van der Waals surface area contributed by atoms with E-state index in [0.29, 0.717) is 0 Å². The lowest BCUT2D eigenvalue weighted by Gasteiger charge is -2.13. The summed E-state index contributed by atoms with van der Waals surface area (Å²) >= 11 is 10.7. The van der Waals surface area contributed by atoms with Crippen LogP contribution in [-0.4, -0.2) is 10.5 Å². The van der Waals surface area contributed by atoms with Gasteiger partial charge in [-0.25, -0.2) is 0 Å². The van der Waals surface area contributed by atoms with E-state index in [4.69, 9.17) is 34.9 Å². The first-order chi connectivity index (χ1) is 7.52. The molecule has 0 fully saturated rings. The van der Waals surface area contributed by atoms with Crippen LogP contribution in [-0.2, 0) is 0 Å². The molecule has 0 bridgehead atoms. The fraction of sp³-hybridized carbons (Fsp3) is 0. The van der Waals surface area contributed by atoms with Gasteiger partial charge in [-0.1, -0.05) is 0 Å². The van der Waals surface area contributed by atoms with Crippen LogP contribution in [0.2, 0.25) is 0 Å². The summed E-state index contributed by atoms with van der Waals surface area (Å²) in [6.45, 7) is 0. The van der Waals surface area contributed by atoms with E-state index < -0.39 is 10.5 Å². The lowest BCUT2D eigenvalue weighted by atomic mass is 10.1. The van der Waals surface area contributed by atoms with Crippen molar-refractivity contribution in [3.8, 4) is 0 Å². The Morgan fingerprint density at radius 2 is 1.25 bits per heavy atom. The summed E-state index contributed by atoms with van der Waals surface area (Å²) in [6, 6.07) is 2.64. The molecule has 0 aliphatic heterocycles. The molecule has 0 saturated carbocycles. The molecule has 0 spiro atoms. The van der Waals surface area contributed by atoms with E-state index in [1.165, 1.54) is 12.1 Å². The third-order valence-electron chi connectivity index (χ3n) is 1.92. The largest absolute Gasteiger partial charge is 0.321 e. The Morgan fingerprint density at radius 3 is 1.44 bits per heavy atom. The second-order valence-electron chi connectivity index (χ2n) is 2.75. The summed E-state index contributed by atoms with van der Waals surface area (Å²) in [5, 5.41) is -1.48. The van der Waals surface area contributed by atoms with Crippen LogP contribution in [0.25, 0.3) is 0 Å². The highest BCUT2D eigenvalue weighted by Crippen LogP contribution is 2.30. The molecule has 16 heavy (non-hydrogen) atoms. The maximum atomic E-state index is 11.1. The number of hydrazine groups is 2. The summed E-state index contributed by atoms with van der Waals surface area (Å²) < 4.78 is 0. The van der Waals surface area contributed by atoms with Gasteiger partial charge in [-0.3, -0.25) is 21.3 Å². The topological polar surface area (TPSA) is 110 Å². The summed E-state index contributed by atoms with van der Waals surface area (Å²) in [7, 11) is 0. The number of hydrogen-bond donors (Lipinski definition) is 4. The van der Waals surface area contributed by atoms with Crippen LogP contribution in [0.1, 0.15) is 20.7 Å². The van der Waals surface area contributed by atoms with Crippen molar-refractivity contribution in [2.45, 2.75) is 0 Å². The maximum Gasteiger partial charge on any atom is 0.254 e. The van der Waals surface area contributed by atoms with Crippen molar-refractivity contribution in [3.63, 3.8) is 0 Å². The Balaban J connectivity index is 3.52. The van der Waals surface area contributed by atoms with E-state index in [0.717, 1.165) is 0 Å². The van der Waals surface area contributed by atoms with Crippen LogP contribution < -0.4 is 22.5 Å². The third kappa shape index (κ3) is 2.25. The van der Waals surface area contributed by atoms with Gasteiger partial charge in [0.05, 0.1) is 22.5 Å². The molecular formula is C8H8Cl2N4O2. The van der Waals surface area contributed by atoms with Crippen molar-refractivity contribution in [1.82, 2.24) is 0 Å². The van der Waals surface area contributed by atoms with Gasteiger partial charge in [0.25, 0.3) is 10.5 Å². The van der Waals surface area contributed by atoms with Crippen molar-refractivity contribution in [1.29, 1.82) is 0 Å². The second-order valence-corrected chi connectivity index (χ2v) is 3.43. The number of halogens is 2. The number of hydrogen-bond acceptors (Lipinski definition) is 6. The average molecular weight is 263 g/mol. The van der Waals surface area contributed by atoms with Gasteiger partial charge in [-0.15, -0.1) is 0 Å². The Hall–Kier alpha value is -1.34. The van der Waals surface area contributed by atoms with Crippen molar-refractivity contribution < 1.29 is 9.59 Å². The van der Waals surface area contributed by atoms with E-state index in [1.54, 1.807) is 0 Å². The lowest BCUT2D eigenvalue weighted by molar-refractivity contribution is 0.107. The van der Waals surface area contributed by atoms with Gasteiger partial charge in [-0.2, -0.15) is 0 Å². The molecule has 6 nitrogen and oxygen atoms in total. The summed E-state index contributed by atoms with van der Waals surface area (Å²) in [5.41, 5.74) is 4.84. The van der Waals surface area contributed by atoms with E-state index >= 15 is 0 Å². The van der Waals surface area contributed by atoms with Gasteiger partial charge < -0.3 is 10.9 Å². The molecule has 0 amide bonds. The first-order valence-electron chi connectivity index (χ1n) is 4.02. The SMILES string of the molecule is NNc1c(C(=O)Cl)ccc(C(=O)Cl)c1NN. The molecule has 86 valence electrons. The van der Waals surface area contributed by atoms with Crippen molar-refractivity contribution >= 4 is 45.1 Å². The molecule has 1 rings (SSSR count). The smallest absolute Gasteiger partial charge is 0.254 e. The van der Waals surface area contributed by atoms with Gasteiger partial charge >= 0.3 is 0 Å². The highest BCUT2D eigenvalue weighted by atomic mass is 35.5.